The first-order chi connectivity index (χ1) is 8.81. The highest BCUT2D eigenvalue weighted by atomic mass is 32.1. The van der Waals surface area contributed by atoms with Crippen LogP contribution in [-0.4, -0.2) is 49.2 Å². The summed E-state index contributed by atoms with van der Waals surface area (Å²) >= 11 is 1.79. The molecule has 0 unspecified atom stereocenters. The van der Waals surface area contributed by atoms with E-state index in [2.05, 4.69) is 27.5 Å². The Kier molecular flexibility index (Phi) is 3.82. The molecule has 0 atom stereocenters. The molecule has 1 aliphatic carbocycles. The highest BCUT2D eigenvalue weighted by molar-refractivity contribution is 7.13. The minimum Gasteiger partial charge on any atom is -0.347 e. The van der Waals surface area contributed by atoms with Crippen molar-refractivity contribution in [3.05, 3.63) is 11.1 Å². The Morgan fingerprint density at radius 3 is 3.06 bits per heavy atom. The molecular formula is C13H22N4S. The average Bonchev–Trinajstić information content (AvgIpc) is 3.12. The molecule has 1 N–H and O–H groups in total. The number of nitrogens with one attached hydrogen (secondary N) is 1. The van der Waals surface area contributed by atoms with Crippen molar-refractivity contribution < 1.29 is 0 Å². The first kappa shape index (κ1) is 12.4. The van der Waals surface area contributed by atoms with Crippen LogP contribution in [0.2, 0.25) is 0 Å². The Morgan fingerprint density at radius 1 is 1.33 bits per heavy atom. The van der Waals surface area contributed by atoms with E-state index in [-0.39, 0.29) is 0 Å². The maximum absolute atomic E-state index is 4.76. The average molecular weight is 266 g/mol. The molecule has 1 saturated carbocycles. The molecule has 2 aliphatic rings. The zero-order valence-electron chi connectivity index (χ0n) is 11.1. The van der Waals surface area contributed by atoms with Gasteiger partial charge in [-0.3, -0.25) is 0 Å². The molecule has 3 rings (SSSR count). The van der Waals surface area contributed by atoms with Crippen LogP contribution in [0.1, 0.15) is 25.0 Å². The second-order valence-electron chi connectivity index (χ2n) is 5.42. The standard InChI is InChI=1S/C13H22N4S/c1-16-5-2-6-17(8-7-16)13-15-12(10-18-13)9-14-11-3-4-11/h10-11,14H,2-9H2,1H3. The molecule has 0 aromatic carbocycles. The Labute approximate surface area is 113 Å². The molecule has 18 heavy (non-hydrogen) atoms. The van der Waals surface area contributed by atoms with Crippen molar-refractivity contribution in [2.24, 2.45) is 0 Å². The SMILES string of the molecule is CN1CCCN(c2nc(CNC3CC3)cs2)CC1. The third-order valence-corrected chi connectivity index (χ3v) is 4.63. The third-order valence-electron chi connectivity index (χ3n) is 3.68. The van der Waals surface area contributed by atoms with Crippen LogP contribution in [0.25, 0.3) is 0 Å². The Balaban J connectivity index is 1.57. The molecule has 4 nitrogen and oxygen atoms in total. The van der Waals surface area contributed by atoms with Crippen molar-refractivity contribution in [2.75, 3.05) is 38.1 Å². The number of rotatable bonds is 4. The number of nitrogens with zero attached hydrogens (tertiary/aromatic N) is 3. The largest absolute Gasteiger partial charge is 0.347 e. The highest BCUT2D eigenvalue weighted by Crippen LogP contribution is 2.23. The summed E-state index contributed by atoms with van der Waals surface area (Å²) in [6.07, 6.45) is 3.93. The maximum atomic E-state index is 4.76. The number of anilines is 1. The topological polar surface area (TPSA) is 31.4 Å². The summed E-state index contributed by atoms with van der Waals surface area (Å²) in [6, 6.07) is 0.766. The van der Waals surface area contributed by atoms with Gasteiger partial charge in [-0.1, -0.05) is 0 Å². The van der Waals surface area contributed by atoms with Gasteiger partial charge in [0, 0.05) is 37.6 Å². The van der Waals surface area contributed by atoms with E-state index in [1.54, 1.807) is 11.3 Å². The molecule has 100 valence electrons. The van der Waals surface area contributed by atoms with Gasteiger partial charge in [0.1, 0.15) is 0 Å². The zero-order valence-corrected chi connectivity index (χ0v) is 11.9. The molecular weight excluding hydrogens is 244 g/mol. The van der Waals surface area contributed by atoms with Crippen molar-refractivity contribution in [1.29, 1.82) is 0 Å². The lowest BCUT2D eigenvalue weighted by Crippen LogP contribution is -2.28. The first-order valence-corrected chi connectivity index (χ1v) is 7.80. The molecule has 1 aromatic heterocycles. The zero-order chi connectivity index (χ0) is 12.4. The Morgan fingerprint density at radius 2 is 2.22 bits per heavy atom. The number of likely N-dealkylation sites (N-methyl/N-ethyl adjacent to an activating group) is 1. The van der Waals surface area contributed by atoms with E-state index < -0.39 is 0 Å². The predicted octanol–water partition coefficient (Wildman–Crippen LogP) is 1.54. The fraction of sp³-hybridized carbons (Fsp3) is 0.769. The maximum Gasteiger partial charge on any atom is 0.185 e. The first-order valence-electron chi connectivity index (χ1n) is 6.92. The van der Waals surface area contributed by atoms with Crippen molar-refractivity contribution in [3.63, 3.8) is 0 Å². The predicted molar refractivity (Wildman–Crippen MR) is 76.3 cm³/mol. The number of thiazole rings is 1. The molecule has 1 aromatic rings. The van der Waals surface area contributed by atoms with Crippen LogP contribution in [0.5, 0.6) is 0 Å². The van der Waals surface area contributed by atoms with Crippen molar-refractivity contribution in [1.82, 2.24) is 15.2 Å². The van der Waals surface area contributed by atoms with Gasteiger partial charge in [-0.2, -0.15) is 0 Å². The monoisotopic (exact) mass is 266 g/mol. The van der Waals surface area contributed by atoms with Crippen LogP contribution in [0.4, 0.5) is 5.13 Å². The molecule has 0 radical (unpaired) electrons. The molecule has 0 bridgehead atoms. The van der Waals surface area contributed by atoms with Gasteiger partial charge in [-0.05, 0) is 32.9 Å². The van der Waals surface area contributed by atoms with Crippen molar-refractivity contribution in [3.8, 4) is 0 Å². The van der Waals surface area contributed by atoms with Crippen LogP contribution < -0.4 is 10.2 Å². The second kappa shape index (κ2) is 5.55. The van der Waals surface area contributed by atoms with Crippen LogP contribution in [-0.2, 0) is 6.54 Å². The van der Waals surface area contributed by atoms with E-state index in [1.807, 2.05) is 0 Å². The normalized spacial score (nSPS) is 22.2. The summed E-state index contributed by atoms with van der Waals surface area (Å²) in [7, 11) is 2.20. The summed E-state index contributed by atoms with van der Waals surface area (Å²) in [6.45, 7) is 5.55. The summed E-state index contributed by atoms with van der Waals surface area (Å²) < 4.78 is 0. The van der Waals surface area contributed by atoms with E-state index in [4.69, 9.17) is 4.98 Å². The van der Waals surface area contributed by atoms with Crippen molar-refractivity contribution in [2.45, 2.75) is 31.8 Å². The van der Waals surface area contributed by atoms with Crippen LogP contribution in [0.15, 0.2) is 5.38 Å². The molecule has 0 spiro atoms. The summed E-state index contributed by atoms with van der Waals surface area (Å²) in [4.78, 5) is 9.61. The quantitative estimate of drug-likeness (QED) is 0.896. The fourth-order valence-corrected chi connectivity index (χ4v) is 3.18. The van der Waals surface area contributed by atoms with E-state index in [9.17, 15) is 0 Å². The van der Waals surface area contributed by atoms with Gasteiger partial charge in [-0.25, -0.2) is 4.98 Å². The minimum absolute atomic E-state index is 0.766. The number of aromatic nitrogens is 1. The Bertz CT molecular complexity index is 388. The molecule has 1 saturated heterocycles. The number of hydrogen-bond donors (Lipinski definition) is 1. The summed E-state index contributed by atoms with van der Waals surface area (Å²) in [5, 5.41) is 6.94. The third kappa shape index (κ3) is 3.22. The van der Waals surface area contributed by atoms with Gasteiger partial charge in [0.05, 0.1) is 5.69 Å². The van der Waals surface area contributed by atoms with E-state index >= 15 is 0 Å². The summed E-state index contributed by atoms with van der Waals surface area (Å²) in [5.41, 5.74) is 1.21. The van der Waals surface area contributed by atoms with Gasteiger partial charge in [0.25, 0.3) is 0 Å². The molecule has 1 aliphatic heterocycles. The fourth-order valence-electron chi connectivity index (χ4n) is 2.30. The Hall–Kier alpha value is -0.650. The molecule has 0 amide bonds. The van der Waals surface area contributed by atoms with Crippen LogP contribution in [0.3, 0.4) is 0 Å². The lowest BCUT2D eigenvalue weighted by molar-refractivity contribution is 0.360. The molecule has 2 heterocycles. The number of hydrogen-bond acceptors (Lipinski definition) is 5. The van der Waals surface area contributed by atoms with Crippen LogP contribution >= 0.6 is 11.3 Å². The smallest absolute Gasteiger partial charge is 0.185 e. The molecule has 5 heteroatoms. The van der Waals surface area contributed by atoms with E-state index in [1.165, 1.54) is 36.6 Å². The summed E-state index contributed by atoms with van der Waals surface area (Å²) in [5.74, 6) is 0. The van der Waals surface area contributed by atoms with E-state index in [0.717, 1.165) is 32.2 Å². The highest BCUT2D eigenvalue weighted by Gasteiger charge is 2.21. The van der Waals surface area contributed by atoms with E-state index in [0.29, 0.717) is 0 Å². The van der Waals surface area contributed by atoms with Crippen molar-refractivity contribution >= 4 is 16.5 Å². The molecule has 2 fully saturated rings. The van der Waals surface area contributed by atoms with Crippen LogP contribution in [0, 0.1) is 0 Å². The second-order valence-corrected chi connectivity index (χ2v) is 6.26. The van der Waals surface area contributed by atoms with Gasteiger partial charge in [0.15, 0.2) is 5.13 Å². The van der Waals surface area contributed by atoms with Gasteiger partial charge < -0.3 is 15.1 Å². The van der Waals surface area contributed by atoms with Gasteiger partial charge >= 0.3 is 0 Å². The lowest BCUT2D eigenvalue weighted by atomic mass is 10.4. The van der Waals surface area contributed by atoms with Gasteiger partial charge in [-0.15, -0.1) is 11.3 Å². The van der Waals surface area contributed by atoms with Gasteiger partial charge in [0.2, 0.25) is 0 Å². The lowest BCUT2D eigenvalue weighted by Gasteiger charge is -2.19. The minimum atomic E-state index is 0.766.